The van der Waals surface area contributed by atoms with Gasteiger partial charge in [0, 0.05) is 37.7 Å². The molecule has 0 aromatic carbocycles. The zero-order valence-electron chi connectivity index (χ0n) is 11.2. The van der Waals surface area contributed by atoms with Crippen molar-refractivity contribution in [2.75, 3.05) is 7.05 Å². The predicted octanol–water partition coefficient (Wildman–Crippen LogP) is 2.49. The van der Waals surface area contributed by atoms with Crippen molar-refractivity contribution >= 4 is 0 Å². The van der Waals surface area contributed by atoms with Crippen LogP contribution >= 0.6 is 0 Å². The van der Waals surface area contributed by atoms with E-state index in [0.29, 0.717) is 6.04 Å². The average Bonchev–Trinajstić information content (AvgIpc) is 2.86. The van der Waals surface area contributed by atoms with Crippen molar-refractivity contribution in [1.82, 2.24) is 19.7 Å². The van der Waals surface area contributed by atoms with Gasteiger partial charge in [0.25, 0.3) is 0 Å². The molecule has 2 heterocycles. The molecule has 0 aliphatic carbocycles. The Kier molecular flexibility index (Phi) is 4.10. The minimum Gasteiger partial charge on any atom is -0.294 e. The number of hydrogen-bond donors (Lipinski definition) is 0. The van der Waals surface area contributed by atoms with E-state index in [0.717, 1.165) is 13.1 Å². The maximum atomic E-state index is 4.30. The minimum absolute atomic E-state index is 0.346. The summed E-state index contributed by atoms with van der Waals surface area (Å²) in [5.74, 6) is 0. The third-order valence-corrected chi connectivity index (χ3v) is 3.34. The second-order valence-electron chi connectivity index (χ2n) is 4.52. The lowest BCUT2D eigenvalue weighted by molar-refractivity contribution is 0.245. The molecule has 2 aromatic rings. The molecule has 1 atom stereocenters. The molecule has 0 bridgehead atoms. The highest BCUT2D eigenvalue weighted by atomic mass is 15.3. The fraction of sp³-hybridized carbons (Fsp3) is 0.429. The highest BCUT2D eigenvalue weighted by Gasteiger charge is 2.13. The Morgan fingerprint density at radius 1 is 1.33 bits per heavy atom. The van der Waals surface area contributed by atoms with E-state index in [1.54, 1.807) is 0 Å². The second-order valence-corrected chi connectivity index (χ2v) is 4.52. The third kappa shape index (κ3) is 2.76. The van der Waals surface area contributed by atoms with Crippen LogP contribution in [-0.4, -0.2) is 26.7 Å². The molecule has 0 N–H and O–H groups in total. The molecule has 0 aliphatic rings. The number of rotatable bonds is 5. The lowest BCUT2D eigenvalue weighted by Gasteiger charge is -2.24. The molecule has 0 saturated carbocycles. The van der Waals surface area contributed by atoms with Crippen LogP contribution in [0.5, 0.6) is 0 Å². The number of pyridine rings is 1. The van der Waals surface area contributed by atoms with Gasteiger partial charge in [-0.3, -0.25) is 14.6 Å². The first kappa shape index (κ1) is 12.8. The molecular formula is C14H20N4. The molecule has 0 saturated heterocycles. The number of hydrogen-bond acceptors (Lipinski definition) is 3. The van der Waals surface area contributed by atoms with Crippen LogP contribution in [0.25, 0.3) is 0 Å². The van der Waals surface area contributed by atoms with Gasteiger partial charge in [0.1, 0.15) is 0 Å². The van der Waals surface area contributed by atoms with E-state index in [2.05, 4.69) is 48.0 Å². The molecule has 0 aliphatic heterocycles. The smallest absolute Gasteiger partial charge is 0.0524 e. The summed E-state index contributed by atoms with van der Waals surface area (Å²) in [6.45, 7) is 6.12. The molecule has 18 heavy (non-hydrogen) atoms. The predicted molar refractivity (Wildman–Crippen MR) is 72.0 cm³/mol. The first-order valence-corrected chi connectivity index (χ1v) is 6.33. The van der Waals surface area contributed by atoms with Crippen LogP contribution in [0, 0.1) is 0 Å². The van der Waals surface area contributed by atoms with E-state index in [-0.39, 0.29) is 0 Å². The Morgan fingerprint density at radius 3 is 2.83 bits per heavy atom. The van der Waals surface area contributed by atoms with Crippen LogP contribution in [0.4, 0.5) is 0 Å². The molecule has 96 valence electrons. The summed E-state index contributed by atoms with van der Waals surface area (Å²) in [6.07, 6.45) is 5.60. The van der Waals surface area contributed by atoms with E-state index >= 15 is 0 Å². The summed E-state index contributed by atoms with van der Waals surface area (Å²) in [6, 6.07) is 6.52. The molecule has 4 nitrogen and oxygen atoms in total. The van der Waals surface area contributed by atoms with Crippen molar-refractivity contribution < 1.29 is 0 Å². The van der Waals surface area contributed by atoms with Gasteiger partial charge < -0.3 is 0 Å². The van der Waals surface area contributed by atoms with E-state index < -0.39 is 0 Å². The Balaban J connectivity index is 2.06. The largest absolute Gasteiger partial charge is 0.294 e. The molecule has 0 fully saturated rings. The van der Waals surface area contributed by atoms with Crippen molar-refractivity contribution in [2.24, 2.45) is 0 Å². The fourth-order valence-corrected chi connectivity index (χ4v) is 2.05. The summed E-state index contributed by atoms with van der Waals surface area (Å²) in [5, 5.41) is 4.30. The first-order chi connectivity index (χ1) is 8.72. The molecule has 2 rings (SSSR count). The Labute approximate surface area is 108 Å². The summed E-state index contributed by atoms with van der Waals surface area (Å²) in [7, 11) is 2.13. The van der Waals surface area contributed by atoms with Crippen molar-refractivity contribution in [3.63, 3.8) is 0 Å². The summed E-state index contributed by atoms with van der Waals surface area (Å²) >= 11 is 0. The van der Waals surface area contributed by atoms with Gasteiger partial charge in [0.05, 0.1) is 5.69 Å². The lowest BCUT2D eigenvalue weighted by atomic mass is 10.1. The van der Waals surface area contributed by atoms with E-state index in [1.165, 1.54) is 11.3 Å². The normalized spacial score (nSPS) is 12.9. The topological polar surface area (TPSA) is 34.0 Å². The SMILES string of the molecule is CCn1nccc1CN(C)C(C)c1cccnc1. The standard InChI is InChI=1S/C14H20N4/c1-4-18-14(7-9-16-18)11-17(3)12(2)13-6-5-8-15-10-13/h5-10,12H,4,11H2,1-3H3. The molecule has 0 spiro atoms. The van der Waals surface area contributed by atoms with Crippen LogP contribution in [0.2, 0.25) is 0 Å². The Morgan fingerprint density at radius 2 is 2.17 bits per heavy atom. The van der Waals surface area contributed by atoms with Gasteiger partial charge in [-0.15, -0.1) is 0 Å². The zero-order valence-corrected chi connectivity index (χ0v) is 11.2. The maximum Gasteiger partial charge on any atom is 0.0524 e. The van der Waals surface area contributed by atoms with Gasteiger partial charge in [0.2, 0.25) is 0 Å². The molecule has 0 radical (unpaired) electrons. The number of aryl methyl sites for hydroxylation is 1. The third-order valence-electron chi connectivity index (χ3n) is 3.34. The maximum absolute atomic E-state index is 4.30. The van der Waals surface area contributed by atoms with Gasteiger partial charge in [-0.1, -0.05) is 6.07 Å². The van der Waals surface area contributed by atoms with Gasteiger partial charge in [0.15, 0.2) is 0 Å². The minimum atomic E-state index is 0.346. The molecule has 1 unspecified atom stereocenters. The van der Waals surface area contributed by atoms with Gasteiger partial charge in [-0.2, -0.15) is 5.10 Å². The quantitative estimate of drug-likeness (QED) is 0.810. The summed E-state index contributed by atoms with van der Waals surface area (Å²) in [4.78, 5) is 6.48. The zero-order chi connectivity index (χ0) is 13.0. The highest BCUT2D eigenvalue weighted by molar-refractivity contribution is 5.13. The Hall–Kier alpha value is -1.68. The van der Waals surface area contributed by atoms with Crippen molar-refractivity contribution in [1.29, 1.82) is 0 Å². The summed E-state index contributed by atoms with van der Waals surface area (Å²) in [5.41, 5.74) is 2.48. The monoisotopic (exact) mass is 244 g/mol. The molecular weight excluding hydrogens is 224 g/mol. The van der Waals surface area contributed by atoms with Crippen LogP contribution in [0.3, 0.4) is 0 Å². The van der Waals surface area contributed by atoms with E-state index in [4.69, 9.17) is 0 Å². The molecule has 4 heteroatoms. The number of aromatic nitrogens is 3. The van der Waals surface area contributed by atoms with Crippen molar-refractivity contribution in [3.05, 3.63) is 48.0 Å². The fourth-order valence-electron chi connectivity index (χ4n) is 2.05. The lowest BCUT2D eigenvalue weighted by Crippen LogP contribution is -2.23. The van der Waals surface area contributed by atoms with Crippen LogP contribution < -0.4 is 0 Å². The first-order valence-electron chi connectivity index (χ1n) is 6.33. The molecule has 0 amide bonds. The average molecular weight is 244 g/mol. The van der Waals surface area contributed by atoms with Crippen molar-refractivity contribution in [3.8, 4) is 0 Å². The molecule has 2 aromatic heterocycles. The van der Waals surface area contributed by atoms with Crippen LogP contribution in [0.15, 0.2) is 36.8 Å². The second kappa shape index (κ2) is 5.78. The number of nitrogens with zero attached hydrogens (tertiary/aromatic N) is 4. The van der Waals surface area contributed by atoms with Gasteiger partial charge in [-0.05, 0) is 38.6 Å². The van der Waals surface area contributed by atoms with E-state index in [9.17, 15) is 0 Å². The Bertz CT molecular complexity index is 478. The van der Waals surface area contributed by atoms with Gasteiger partial charge in [-0.25, -0.2) is 0 Å². The summed E-state index contributed by atoms with van der Waals surface area (Å²) < 4.78 is 2.03. The van der Waals surface area contributed by atoms with Crippen molar-refractivity contribution in [2.45, 2.75) is 33.0 Å². The van der Waals surface area contributed by atoms with Gasteiger partial charge >= 0.3 is 0 Å². The highest BCUT2D eigenvalue weighted by Crippen LogP contribution is 2.19. The van der Waals surface area contributed by atoms with E-state index in [1.807, 2.05) is 29.3 Å². The van der Waals surface area contributed by atoms with Crippen LogP contribution in [0.1, 0.15) is 31.1 Å². The van der Waals surface area contributed by atoms with Crippen LogP contribution in [-0.2, 0) is 13.1 Å².